The molecule has 0 amide bonds. The molecule has 0 aromatic rings. The number of unbranched alkanes of at least 4 members (excludes halogenated alkanes) is 24. The molecule has 4 heteroatoms. The van der Waals surface area contributed by atoms with Gasteiger partial charge in [-0.3, -0.25) is 9.59 Å². The third-order valence-corrected chi connectivity index (χ3v) is 10.1. The summed E-state index contributed by atoms with van der Waals surface area (Å²) in [6, 6.07) is 0. The van der Waals surface area contributed by atoms with Crippen molar-refractivity contribution in [1.82, 2.24) is 0 Å². The van der Waals surface area contributed by atoms with E-state index in [-0.39, 0.29) is 18.5 Å². The van der Waals surface area contributed by atoms with Gasteiger partial charge in [-0.05, 0) is 77.0 Å². The summed E-state index contributed by atoms with van der Waals surface area (Å²) in [6.45, 7) is 4.53. The Hall–Kier alpha value is -2.10. The highest BCUT2D eigenvalue weighted by molar-refractivity contribution is 5.69. The van der Waals surface area contributed by atoms with Crippen molar-refractivity contribution in [2.45, 2.75) is 245 Å². The molecule has 0 aromatic heterocycles. The maximum absolute atomic E-state index is 12.6. The highest BCUT2D eigenvalue weighted by Crippen LogP contribution is 2.18. The van der Waals surface area contributed by atoms with E-state index in [1.807, 2.05) is 0 Å². The molecule has 0 spiro atoms. The van der Waals surface area contributed by atoms with Crippen LogP contribution in [0.25, 0.3) is 0 Å². The molecule has 0 radical (unpaired) electrons. The lowest BCUT2D eigenvalue weighted by Gasteiger charge is -2.18. The number of allylic oxidation sites excluding steroid dienone is 8. The largest absolute Gasteiger partial charge is 0.481 e. The van der Waals surface area contributed by atoms with Crippen LogP contribution < -0.4 is 0 Å². The fraction of sp³-hybridized carbons (Fsp3) is 0.792. The number of carbonyl (C=O) groups is 2. The molecule has 0 aromatic carbocycles. The van der Waals surface area contributed by atoms with Crippen LogP contribution in [0.15, 0.2) is 48.6 Å². The maximum Gasteiger partial charge on any atom is 0.306 e. The van der Waals surface area contributed by atoms with E-state index in [2.05, 4.69) is 62.5 Å². The number of aliphatic carboxylic acids is 1. The fourth-order valence-electron chi connectivity index (χ4n) is 6.71. The maximum atomic E-state index is 12.6. The van der Waals surface area contributed by atoms with E-state index < -0.39 is 5.97 Å². The summed E-state index contributed by atoms with van der Waals surface area (Å²) in [7, 11) is 0. The Morgan fingerprint density at radius 2 is 0.769 bits per heavy atom. The quantitative estimate of drug-likeness (QED) is 0.0387. The first kappa shape index (κ1) is 49.9. The predicted molar refractivity (Wildman–Crippen MR) is 227 cm³/mol. The number of esters is 1. The molecule has 4 nitrogen and oxygen atoms in total. The summed E-state index contributed by atoms with van der Waals surface area (Å²) in [6.07, 6.45) is 58.5. The monoisotopic (exact) mass is 727 g/mol. The van der Waals surface area contributed by atoms with E-state index in [1.54, 1.807) is 0 Å². The summed E-state index contributed by atoms with van der Waals surface area (Å²) in [5, 5.41) is 9.06. The Balaban J connectivity index is 3.82. The lowest BCUT2D eigenvalue weighted by molar-refractivity contribution is -0.150. The molecule has 0 fully saturated rings. The smallest absolute Gasteiger partial charge is 0.306 e. The second kappa shape index (κ2) is 43.3. The summed E-state index contributed by atoms with van der Waals surface area (Å²) < 4.78 is 5.85. The second-order valence-electron chi connectivity index (χ2n) is 15.2. The zero-order chi connectivity index (χ0) is 37.8. The Bertz CT molecular complexity index is 870. The Morgan fingerprint density at radius 3 is 1.23 bits per heavy atom. The molecule has 1 unspecified atom stereocenters. The normalized spacial score (nSPS) is 12.7. The highest BCUT2D eigenvalue weighted by Gasteiger charge is 2.15. The van der Waals surface area contributed by atoms with Gasteiger partial charge in [0.1, 0.15) is 6.10 Å². The minimum atomic E-state index is -0.773. The molecule has 1 N–H and O–H groups in total. The second-order valence-corrected chi connectivity index (χ2v) is 15.2. The number of carbonyl (C=O) groups excluding carboxylic acids is 1. The van der Waals surface area contributed by atoms with E-state index in [1.165, 1.54) is 141 Å². The van der Waals surface area contributed by atoms with Crippen LogP contribution in [-0.2, 0) is 14.3 Å². The molecule has 0 aliphatic heterocycles. The van der Waals surface area contributed by atoms with Gasteiger partial charge in [-0.1, -0.05) is 197 Å². The lowest BCUT2D eigenvalue weighted by atomic mass is 10.0. The zero-order valence-electron chi connectivity index (χ0n) is 34.6. The van der Waals surface area contributed by atoms with Crippen molar-refractivity contribution in [3.8, 4) is 0 Å². The topological polar surface area (TPSA) is 63.6 Å². The van der Waals surface area contributed by atoms with Crippen molar-refractivity contribution in [3.63, 3.8) is 0 Å². The molecule has 0 saturated heterocycles. The van der Waals surface area contributed by atoms with Crippen molar-refractivity contribution in [2.75, 3.05) is 0 Å². The number of carboxylic acid groups (broad SMARTS) is 1. The Kier molecular flexibility index (Phi) is 41.6. The van der Waals surface area contributed by atoms with Crippen LogP contribution in [0.3, 0.4) is 0 Å². The minimum absolute atomic E-state index is 0.103. The lowest BCUT2D eigenvalue weighted by Crippen LogP contribution is -2.18. The molecule has 52 heavy (non-hydrogen) atoms. The van der Waals surface area contributed by atoms with Gasteiger partial charge in [0.05, 0.1) is 0 Å². The fourth-order valence-corrected chi connectivity index (χ4v) is 6.71. The van der Waals surface area contributed by atoms with Crippen molar-refractivity contribution in [1.29, 1.82) is 0 Å². The first-order valence-corrected chi connectivity index (χ1v) is 22.6. The van der Waals surface area contributed by atoms with Crippen molar-refractivity contribution < 1.29 is 19.4 Å². The van der Waals surface area contributed by atoms with Gasteiger partial charge in [0.25, 0.3) is 0 Å². The number of carboxylic acids is 1. The summed E-state index contributed by atoms with van der Waals surface area (Å²) in [5.74, 6) is -0.876. The van der Waals surface area contributed by atoms with Gasteiger partial charge in [0.15, 0.2) is 0 Å². The number of hydrogen-bond acceptors (Lipinski definition) is 3. The zero-order valence-corrected chi connectivity index (χ0v) is 34.6. The van der Waals surface area contributed by atoms with Gasteiger partial charge in [0.2, 0.25) is 0 Å². The molecule has 0 aliphatic carbocycles. The van der Waals surface area contributed by atoms with Crippen molar-refractivity contribution in [3.05, 3.63) is 48.6 Å². The van der Waals surface area contributed by atoms with Crippen LogP contribution in [0.2, 0.25) is 0 Å². The van der Waals surface area contributed by atoms with Gasteiger partial charge in [-0.15, -0.1) is 0 Å². The van der Waals surface area contributed by atoms with Gasteiger partial charge >= 0.3 is 11.9 Å². The Labute approximate surface area is 323 Å². The van der Waals surface area contributed by atoms with Crippen LogP contribution in [0.4, 0.5) is 0 Å². The molecule has 0 saturated carbocycles. The number of ether oxygens (including phenoxy) is 1. The predicted octanol–water partition coefficient (Wildman–Crippen LogP) is 15.9. The summed E-state index contributed by atoms with van der Waals surface area (Å²) in [4.78, 5) is 23.6. The molecular weight excluding hydrogens is 641 g/mol. The first-order chi connectivity index (χ1) is 25.6. The van der Waals surface area contributed by atoms with Crippen molar-refractivity contribution in [2.24, 2.45) is 0 Å². The van der Waals surface area contributed by atoms with E-state index >= 15 is 0 Å². The Morgan fingerprint density at radius 1 is 0.423 bits per heavy atom. The summed E-state index contributed by atoms with van der Waals surface area (Å²) in [5.41, 5.74) is 0. The molecule has 0 heterocycles. The molecule has 0 aliphatic rings. The molecule has 0 rings (SSSR count). The third kappa shape index (κ3) is 42.3. The van der Waals surface area contributed by atoms with E-state index in [4.69, 9.17) is 9.84 Å². The van der Waals surface area contributed by atoms with Gasteiger partial charge in [-0.2, -0.15) is 0 Å². The van der Waals surface area contributed by atoms with Crippen molar-refractivity contribution >= 4 is 11.9 Å². The van der Waals surface area contributed by atoms with Gasteiger partial charge in [-0.25, -0.2) is 0 Å². The van der Waals surface area contributed by atoms with Gasteiger partial charge in [0, 0.05) is 12.8 Å². The molecule has 302 valence electrons. The molecule has 1 atom stereocenters. The third-order valence-electron chi connectivity index (χ3n) is 10.1. The minimum Gasteiger partial charge on any atom is -0.481 e. The van der Waals surface area contributed by atoms with E-state index in [0.717, 1.165) is 57.8 Å². The standard InChI is InChI=1S/C48H86O4/c1-3-5-7-9-11-13-15-17-19-21-22-23-24-26-28-30-32-34-36-38-40-45-48(51)52-46(43-41-44-47(49)50)42-39-37-35-33-31-29-27-25-20-18-16-14-12-10-8-6-4-2/h11,13,17,19,22-23,26,28,46H,3-10,12,14-16,18,20-21,24-25,27,29-45H2,1-2H3,(H,49,50)/b13-11-,19-17-,23-22-,28-26-. The summed E-state index contributed by atoms with van der Waals surface area (Å²) >= 11 is 0. The SMILES string of the molecule is CCCCC/C=C\C/C=C\C/C=C\C/C=C\CCCCCCCC(=O)OC(CCCCCCCCCCCCCCCCCCC)CCCC(=O)O. The van der Waals surface area contributed by atoms with Crippen LogP contribution in [-0.4, -0.2) is 23.1 Å². The van der Waals surface area contributed by atoms with E-state index in [0.29, 0.717) is 19.3 Å². The molecular formula is C48H86O4. The highest BCUT2D eigenvalue weighted by atomic mass is 16.5. The van der Waals surface area contributed by atoms with Gasteiger partial charge < -0.3 is 9.84 Å². The van der Waals surface area contributed by atoms with Crippen LogP contribution in [0, 0.1) is 0 Å². The van der Waals surface area contributed by atoms with Crippen LogP contribution >= 0.6 is 0 Å². The van der Waals surface area contributed by atoms with Crippen LogP contribution in [0.1, 0.15) is 239 Å². The first-order valence-electron chi connectivity index (χ1n) is 22.6. The van der Waals surface area contributed by atoms with Crippen LogP contribution in [0.5, 0.6) is 0 Å². The average Bonchev–Trinajstić information content (AvgIpc) is 3.13. The van der Waals surface area contributed by atoms with E-state index in [9.17, 15) is 9.59 Å². The average molecular weight is 727 g/mol. The number of rotatable bonds is 41. The number of hydrogen-bond donors (Lipinski definition) is 1. The molecule has 0 bridgehead atoms.